The van der Waals surface area contributed by atoms with E-state index in [2.05, 4.69) is 4.98 Å². The maximum absolute atomic E-state index is 11.9. The summed E-state index contributed by atoms with van der Waals surface area (Å²) in [5.74, 6) is 0. The lowest BCUT2D eigenvalue weighted by atomic mass is 10.00. The zero-order valence-electron chi connectivity index (χ0n) is 10.5. The van der Waals surface area contributed by atoms with Crippen molar-refractivity contribution in [1.29, 1.82) is 5.26 Å². The van der Waals surface area contributed by atoms with E-state index in [1.165, 1.54) is 10.9 Å². The second kappa shape index (κ2) is 4.69. The van der Waals surface area contributed by atoms with Gasteiger partial charge in [0.15, 0.2) is 0 Å². The fraction of sp³-hybridized carbons (Fsp3) is 0.583. The Balaban J connectivity index is 2.53. The first kappa shape index (κ1) is 12.4. The van der Waals surface area contributed by atoms with Crippen LogP contribution in [-0.2, 0) is 0 Å². The first-order valence-electron chi connectivity index (χ1n) is 6.09. The monoisotopic (exact) mass is 248 g/mol. The van der Waals surface area contributed by atoms with Gasteiger partial charge in [0.1, 0.15) is 11.6 Å². The second-order valence-electron chi connectivity index (χ2n) is 4.77. The van der Waals surface area contributed by atoms with E-state index in [9.17, 15) is 9.59 Å². The normalized spacial score (nSPS) is 23.7. The Morgan fingerprint density at radius 3 is 2.50 bits per heavy atom. The van der Waals surface area contributed by atoms with Crippen molar-refractivity contribution in [2.75, 3.05) is 5.01 Å². The van der Waals surface area contributed by atoms with Gasteiger partial charge in [-0.3, -0.25) is 9.78 Å². The molecule has 96 valence electrons. The van der Waals surface area contributed by atoms with Gasteiger partial charge >= 0.3 is 5.69 Å². The molecule has 1 aromatic heterocycles. The summed E-state index contributed by atoms with van der Waals surface area (Å²) in [6.45, 7) is 4.08. The number of aromatic amines is 1. The summed E-state index contributed by atoms with van der Waals surface area (Å²) in [5, 5.41) is 10.8. The fourth-order valence-electron chi connectivity index (χ4n) is 2.54. The summed E-state index contributed by atoms with van der Waals surface area (Å²) in [6.07, 6.45) is 4.46. The molecule has 1 fully saturated rings. The van der Waals surface area contributed by atoms with Crippen molar-refractivity contribution in [1.82, 2.24) is 9.66 Å². The summed E-state index contributed by atoms with van der Waals surface area (Å²) in [5.41, 5.74) is -1.16. The highest BCUT2D eigenvalue weighted by molar-refractivity contribution is 5.22. The highest BCUT2D eigenvalue weighted by Crippen LogP contribution is 2.20. The summed E-state index contributed by atoms with van der Waals surface area (Å²) >= 11 is 0. The molecule has 1 saturated heterocycles. The van der Waals surface area contributed by atoms with Gasteiger partial charge in [0.25, 0.3) is 5.56 Å². The molecule has 1 aromatic rings. The average Bonchev–Trinajstić information content (AvgIpc) is 2.31. The second-order valence-corrected chi connectivity index (χ2v) is 4.77. The molecule has 6 heteroatoms. The highest BCUT2D eigenvalue weighted by atomic mass is 16.2. The van der Waals surface area contributed by atoms with Crippen LogP contribution in [0.25, 0.3) is 0 Å². The van der Waals surface area contributed by atoms with Crippen molar-refractivity contribution in [2.45, 2.75) is 45.2 Å². The standard InChI is InChI=1S/C12H16N4O2/c1-8-4-3-5-9(2)16(8)15-7-10(6-13)11(17)14-12(15)18/h7-9H,3-5H2,1-2H3,(H,14,17,18). The van der Waals surface area contributed by atoms with Crippen LogP contribution >= 0.6 is 0 Å². The lowest BCUT2D eigenvalue weighted by molar-refractivity contribution is 0.327. The predicted molar refractivity (Wildman–Crippen MR) is 67.0 cm³/mol. The number of nitrogens with zero attached hydrogens (tertiary/aromatic N) is 3. The van der Waals surface area contributed by atoms with Gasteiger partial charge in [0, 0.05) is 12.1 Å². The van der Waals surface area contributed by atoms with Crippen molar-refractivity contribution in [3.05, 3.63) is 32.6 Å². The molecule has 2 unspecified atom stereocenters. The zero-order chi connectivity index (χ0) is 13.3. The summed E-state index contributed by atoms with van der Waals surface area (Å²) in [4.78, 5) is 25.4. The first-order chi connectivity index (χ1) is 8.54. The van der Waals surface area contributed by atoms with E-state index >= 15 is 0 Å². The third kappa shape index (κ3) is 2.04. The maximum Gasteiger partial charge on any atom is 0.347 e. The SMILES string of the molecule is CC1CCCC(C)N1n1cc(C#N)c(=O)[nH]c1=O. The Labute approximate surface area is 104 Å². The third-order valence-electron chi connectivity index (χ3n) is 3.44. The van der Waals surface area contributed by atoms with Crippen LogP contribution in [0.3, 0.4) is 0 Å². The molecule has 2 heterocycles. The minimum Gasteiger partial charge on any atom is -0.303 e. The zero-order valence-corrected chi connectivity index (χ0v) is 10.5. The van der Waals surface area contributed by atoms with E-state index in [-0.39, 0.29) is 17.6 Å². The van der Waals surface area contributed by atoms with Crippen molar-refractivity contribution in [3.8, 4) is 6.07 Å². The van der Waals surface area contributed by atoms with Crippen LogP contribution in [0.15, 0.2) is 15.8 Å². The van der Waals surface area contributed by atoms with Gasteiger partial charge in [-0.15, -0.1) is 0 Å². The molecule has 0 spiro atoms. The van der Waals surface area contributed by atoms with Crippen LogP contribution in [0.2, 0.25) is 0 Å². The first-order valence-corrected chi connectivity index (χ1v) is 6.09. The van der Waals surface area contributed by atoms with Crippen molar-refractivity contribution >= 4 is 0 Å². The molecule has 0 aliphatic carbocycles. The lowest BCUT2D eigenvalue weighted by Gasteiger charge is -2.41. The topological polar surface area (TPSA) is 81.9 Å². The Kier molecular flexibility index (Phi) is 3.24. The van der Waals surface area contributed by atoms with Crippen LogP contribution < -0.4 is 16.3 Å². The van der Waals surface area contributed by atoms with Gasteiger partial charge in [0.2, 0.25) is 0 Å². The summed E-state index contributed by atoms with van der Waals surface area (Å²) in [6, 6.07) is 2.23. The molecule has 0 bridgehead atoms. The van der Waals surface area contributed by atoms with E-state index in [1.54, 1.807) is 6.07 Å². The van der Waals surface area contributed by atoms with E-state index in [1.807, 2.05) is 18.9 Å². The van der Waals surface area contributed by atoms with Crippen molar-refractivity contribution < 1.29 is 0 Å². The molecule has 0 amide bonds. The van der Waals surface area contributed by atoms with Gasteiger partial charge in [-0.1, -0.05) is 0 Å². The molecule has 0 saturated carbocycles. The van der Waals surface area contributed by atoms with Crippen LogP contribution in [0, 0.1) is 11.3 Å². The number of aromatic nitrogens is 2. The van der Waals surface area contributed by atoms with E-state index in [4.69, 9.17) is 5.26 Å². The minimum absolute atomic E-state index is 0.0421. The van der Waals surface area contributed by atoms with Gasteiger partial charge in [0.05, 0.1) is 6.20 Å². The highest BCUT2D eigenvalue weighted by Gasteiger charge is 2.26. The fourth-order valence-corrected chi connectivity index (χ4v) is 2.54. The summed E-state index contributed by atoms with van der Waals surface area (Å²) in [7, 11) is 0. The van der Waals surface area contributed by atoms with Gasteiger partial charge < -0.3 is 5.01 Å². The van der Waals surface area contributed by atoms with Gasteiger partial charge in [-0.05, 0) is 33.1 Å². The molecular formula is C12H16N4O2. The third-order valence-corrected chi connectivity index (χ3v) is 3.44. The largest absolute Gasteiger partial charge is 0.347 e. The minimum atomic E-state index is -0.629. The molecule has 2 rings (SSSR count). The number of nitriles is 1. The Morgan fingerprint density at radius 2 is 1.94 bits per heavy atom. The molecule has 2 atom stereocenters. The lowest BCUT2D eigenvalue weighted by Crippen LogP contribution is -2.56. The number of rotatable bonds is 1. The molecule has 0 aromatic carbocycles. The Morgan fingerprint density at radius 1 is 1.33 bits per heavy atom. The number of H-pyrrole nitrogens is 1. The smallest absolute Gasteiger partial charge is 0.303 e. The molecule has 0 radical (unpaired) electrons. The average molecular weight is 248 g/mol. The van der Waals surface area contributed by atoms with Crippen LogP contribution in [0.4, 0.5) is 0 Å². The quantitative estimate of drug-likeness (QED) is 0.775. The van der Waals surface area contributed by atoms with E-state index in [0.29, 0.717) is 0 Å². The number of piperidine rings is 1. The van der Waals surface area contributed by atoms with Gasteiger partial charge in [-0.25, -0.2) is 9.47 Å². The number of nitrogens with one attached hydrogen (secondary N) is 1. The van der Waals surface area contributed by atoms with Crippen molar-refractivity contribution in [2.24, 2.45) is 0 Å². The molecule has 6 nitrogen and oxygen atoms in total. The molecule has 1 aliphatic heterocycles. The van der Waals surface area contributed by atoms with E-state index in [0.717, 1.165) is 19.3 Å². The molecular weight excluding hydrogens is 232 g/mol. The van der Waals surface area contributed by atoms with Crippen LogP contribution in [0.5, 0.6) is 0 Å². The molecule has 18 heavy (non-hydrogen) atoms. The van der Waals surface area contributed by atoms with Gasteiger partial charge in [-0.2, -0.15) is 5.26 Å². The van der Waals surface area contributed by atoms with E-state index < -0.39 is 11.2 Å². The van der Waals surface area contributed by atoms with Crippen LogP contribution in [0.1, 0.15) is 38.7 Å². The number of hydrogen-bond donors (Lipinski definition) is 1. The Bertz CT molecular complexity index is 585. The van der Waals surface area contributed by atoms with Crippen molar-refractivity contribution in [3.63, 3.8) is 0 Å². The molecule has 1 aliphatic rings. The summed E-state index contributed by atoms with van der Waals surface area (Å²) < 4.78 is 1.37. The predicted octanol–water partition coefficient (Wildman–Crippen LogP) is 0.307. The van der Waals surface area contributed by atoms with Crippen LogP contribution in [-0.4, -0.2) is 21.7 Å². The Hall–Kier alpha value is -2.03. The molecule has 1 N–H and O–H groups in total. The number of hydrogen-bond acceptors (Lipinski definition) is 4. The maximum atomic E-state index is 11.9.